The molecule has 1 fully saturated rings. The van der Waals surface area contributed by atoms with Crippen LogP contribution in [0.2, 0.25) is 0 Å². The van der Waals surface area contributed by atoms with Crippen LogP contribution in [0, 0.1) is 12.7 Å². The Kier molecular flexibility index (Phi) is 6.18. The average Bonchev–Trinajstić information content (AvgIpc) is 3.26. The van der Waals surface area contributed by atoms with E-state index in [-0.39, 0.29) is 11.7 Å². The van der Waals surface area contributed by atoms with E-state index in [1.54, 1.807) is 36.0 Å². The number of hydrogen-bond acceptors (Lipinski definition) is 8. The van der Waals surface area contributed by atoms with Crippen LogP contribution in [0.5, 0.6) is 5.75 Å². The number of ether oxygens (including phenoxy) is 1. The SMILES string of the molecule is Cc1cc(-c2ccccn2)c(C(=O)C(=O)Nc2ccc3c(c2)OCC2CN(c4ncc(F)cn4)CCN32)n1C. The number of hydrogen-bond donors (Lipinski definition) is 1. The van der Waals surface area contributed by atoms with Gasteiger partial charge in [-0.2, -0.15) is 0 Å². The number of ketones is 1. The zero-order valence-electron chi connectivity index (χ0n) is 21.5. The largest absolute Gasteiger partial charge is 0.489 e. The van der Waals surface area contributed by atoms with Gasteiger partial charge in [0.2, 0.25) is 5.95 Å². The number of nitrogens with zero attached hydrogens (tertiary/aromatic N) is 6. The number of nitrogens with one attached hydrogen (secondary N) is 1. The average molecular weight is 528 g/mol. The van der Waals surface area contributed by atoms with Crippen molar-refractivity contribution in [3.8, 4) is 17.0 Å². The van der Waals surface area contributed by atoms with Crippen molar-refractivity contribution in [2.24, 2.45) is 7.05 Å². The molecule has 39 heavy (non-hydrogen) atoms. The van der Waals surface area contributed by atoms with Crippen molar-refractivity contribution in [1.82, 2.24) is 19.5 Å². The van der Waals surface area contributed by atoms with Crippen molar-refractivity contribution in [2.75, 3.05) is 41.4 Å². The van der Waals surface area contributed by atoms with Gasteiger partial charge in [0.25, 0.3) is 11.7 Å². The molecule has 0 spiro atoms. The molecule has 1 unspecified atom stereocenters. The van der Waals surface area contributed by atoms with Crippen LogP contribution < -0.4 is 19.9 Å². The van der Waals surface area contributed by atoms with Crippen LogP contribution >= 0.6 is 0 Å². The maximum absolute atomic E-state index is 13.3. The minimum absolute atomic E-state index is 0.0625. The summed E-state index contributed by atoms with van der Waals surface area (Å²) in [5.74, 6) is -0.737. The molecule has 1 amide bonds. The highest BCUT2D eigenvalue weighted by atomic mass is 19.1. The molecule has 0 aliphatic carbocycles. The van der Waals surface area contributed by atoms with Gasteiger partial charge < -0.3 is 24.4 Å². The molecule has 11 heteroatoms. The maximum atomic E-state index is 13.3. The first-order chi connectivity index (χ1) is 18.9. The van der Waals surface area contributed by atoms with Gasteiger partial charge in [0.05, 0.1) is 29.8 Å². The predicted octanol–water partition coefficient (Wildman–Crippen LogP) is 3.23. The Bertz CT molecular complexity index is 1560. The minimum atomic E-state index is -0.741. The summed E-state index contributed by atoms with van der Waals surface area (Å²) >= 11 is 0. The van der Waals surface area contributed by atoms with Crippen molar-refractivity contribution in [2.45, 2.75) is 13.0 Å². The number of Topliss-reactive ketones (excluding diaryl/α,β-unsaturated/α-hetero) is 1. The molecular formula is C28H26FN7O3. The fraction of sp³-hybridized carbons (Fsp3) is 0.250. The van der Waals surface area contributed by atoms with Gasteiger partial charge in [0.15, 0.2) is 5.82 Å². The fourth-order valence-electron chi connectivity index (χ4n) is 5.11. The first-order valence-corrected chi connectivity index (χ1v) is 12.6. The highest BCUT2D eigenvalue weighted by Gasteiger charge is 2.34. The Morgan fingerprint density at radius 3 is 2.67 bits per heavy atom. The second-order valence-electron chi connectivity index (χ2n) is 9.59. The molecule has 2 aliphatic heterocycles. The number of anilines is 3. The van der Waals surface area contributed by atoms with E-state index in [0.29, 0.717) is 54.9 Å². The molecule has 1 saturated heterocycles. The standard InChI is InChI=1S/C28H26FN7O3/c1-17-11-21(22-5-3-4-8-30-22)25(34(17)2)26(37)27(38)33-19-6-7-23-24(12-19)39-16-20-15-35(9-10-36(20)23)28-31-13-18(29)14-32-28/h3-8,11-14,20H,9-10,15-16H2,1-2H3,(H,33,38). The van der Waals surface area contributed by atoms with E-state index in [1.165, 1.54) is 12.4 Å². The van der Waals surface area contributed by atoms with E-state index in [2.05, 4.69) is 25.2 Å². The molecule has 1 aromatic carbocycles. The number of carbonyl (C=O) groups is 2. The molecular weight excluding hydrogens is 501 g/mol. The van der Waals surface area contributed by atoms with E-state index < -0.39 is 17.5 Å². The van der Waals surface area contributed by atoms with E-state index >= 15 is 0 Å². The third kappa shape index (κ3) is 4.56. The zero-order valence-corrected chi connectivity index (χ0v) is 21.5. The lowest BCUT2D eigenvalue weighted by molar-refractivity contribution is -0.112. The first-order valence-electron chi connectivity index (χ1n) is 12.6. The number of carbonyl (C=O) groups excluding carboxylic acids is 2. The van der Waals surface area contributed by atoms with Crippen molar-refractivity contribution in [3.63, 3.8) is 0 Å². The van der Waals surface area contributed by atoms with Gasteiger partial charge in [-0.3, -0.25) is 14.6 Å². The molecule has 0 bridgehead atoms. The van der Waals surface area contributed by atoms with Crippen LogP contribution in [0.25, 0.3) is 11.3 Å². The third-order valence-electron chi connectivity index (χ3n) is 7.17. The smallest absolute Gasteiger partial charge is 0.298 e. The number of aromatic nitrogens is 4. The summed E-state index contributed by atoms with van der Waals surface area (Å²) in [6.07, 6.45) is 3.99. The van der Waals surface area contributed by atoms with Gasteiger partial charge >= 0.3 is 0 Å². The van der Waals surface area contributed by atoms with Crippen LogP contribution in [0.4, 0.5) is 21.7 Å². The molecule has 198 valence electrons. The highest BCUT2D eigenvalue weighted by molar-refractivity contribution is 6.47. The van der Waals surface area contributed by atoms with Crippen LogP contribution in [-0.4, -0.2) is 63.5 Å². The van der Waals surface area contributed by atoms with Crippen molar-refractivity contribution >= 4 is 29.0 Å². The number of fused-ring (bicyclic) bond motifs is 3. The van der Waals surface area contributed by atoms with Crippen molar-refractivity contribution < 1.29 is 18.7 Å². The van der Waals surface area contributed by atoms with E-state index in [1.807, 2.05) is 36.1 Å². The lowest BCUT2D eigenvalue weighted by Crippen LogP contribution is -2.57. The molecule has 2 aliphatic rings. The Balaban J connectivity index is 1.18. The Morgan fingerprint density at radius 1 is 1.08 bits per heavy atom. The Morgan fingerprint density at radius 2 is 1.90 bits per heavy atom. The molecule has 4 aromatic rings. The molecule has 0 radical (unpaired) electrons. The fourth-order valence-corrected chi connectivity index (χ4v) is 5.11. The highest BCUT2D eigenvalue weighted by Crippen LogP contribution is 2.37. The van der Waals surface area contributed by atoms with Gasteiger partial charge in [-0.25, -0.2) is 14.4 Å². The molecule has 1 atom stereocenters. The van der Waals surface area contributed by atoms with Gasteiger partial charge in [0, 0.05) is 55.9 Å². The van der Waals surface area contributed by atoms with E-state index in [4.69, 9.17) is 4.74 Å². The maximum Gasteiger partial charge on any atom is 0.298 e. The summed E-state index contributed by atoms with van der Waals surface area (Å²) in [7, 11) is 1.76. The van der Waals surface area contributed by atoms with E-state index in [9.17, 15) is 14.0 Å². The second-order valence-corrected chi connectivity index (χ2v) is 9.59. The number of piperazine rings is 1. The number of halogens is 1. The minimum Gasteiger partial charge on any atom is -0.489 e. The summed E-state index contributed by atoms with van der Waals surface area (Å²) in [6.45, 7) is 4.31. The quantitative estimate of drug-likeness (QED) is 0.312. The van der Waals surface area contributed by atoms with Crippen LogP contribution in [0.15, 0.2) is 61.1 Å². The number of aryl methyl sites for hydroxylation is 1. The lowest BCUT2D eigenvalue weighted by atomic mass is 10.1. The number of pyridine rings is 1. The summed E-state index contributed by atoms with van der Waals surface area (Å²) in [6, 6.07) is 12.8. The topological polar surface area (TPSA) is 105 Å². The zero-order chi connectivity index (χ0) is 27.1. The molecule has 6 rings (SSSR count). The summed E-state index contributed by atoms with van der Waals surface area (Å²) < 4.78 is 21.0. The molecule has 0 saturated carbocycles. The molecule has 10 nitrogen and oxygen atoms in total. The predicted molar refractivity (Wildman–Crippen MR) is 144 cm³/mol. The van der Waals surface area contributed by atoms with Gasteiger partial charge in [-0.1, -0.05) is 6.07 Å². The third-order valence-corrected chi connectivity index (χ3v) is 7.17. The molecule has 1 N–H and O–H groups in total. The molecule has 5 heterocycles. The van der Waals surface area contributed by atoms with E-state index in [0.717, 1.165) is 11.4 Å². The first kappa shape index (κ1) is 24.5. The normalized spacial score (nSPS) is 16.2. The Labute approximate surface area is 224 Å². The summed E-state index contributed by atoms with van der Waals surface area (Å²) in [5.41, 5.74) is 3.74. The van der Waals surface area contributed by atoms with Gasteiger partial charge in [-0.05, 0) is 37.3 Å². The summed E-state index contributed by atoms with van der Waals surface area (Å²) in [4.78, 5) is 43.2. The number of amides is 1. The second kappa shape index (κ2) is 9.82. The van der Waals surface area contributed by atoms with Gasteiger partial charge in [0.1, 0.15) is 18.1 Å². The Hall–Kier alpha value is -4.80. The van der Waals surface area contributed by atoms with Gasteiger partial charge in [-0.15, -0.1) is 0 Å². The molecule has 3 aromatic heterocycles. The van der Waals surface area contributed by atoms with Crippen molar-refractivity contribution in [3.05, 3.63) is 78.3 Å². The number of rotatable bonds is 5. The monoisotopic (exact) mass is 527 g/mol. The van der Waals surface area contributed by atoms with Crippen LogP contribution in [-0.2, 0) is 11.8 Å². The van der Waals surface area contributed by atoms with Crippen molar-refractivity contribution in [1.29, 1.82) is 0 Å². The van der Waals surface area contributed by atoms with Crippen LogP contribution in [0.3, 0.4) is 0 Å². The lowest BCUT2D eigenvalue weighted by Gasteiger charge is -2.45. The summed E-state index contributed by atoms with van der Waals surface area (Å²) in [5, 5.41) is 2.73. The van der Waals surface area contributed by atoms with Crippen LogP contribution in [0.1, 0.15) is 16.2 Å². The number of benzene rings is 1.